The molecule has 2 aromatic carbocycles. The van der Waals surface area contributed by atoms with Gasteiger partial charge in [0, 0.05) is 5.69 Å². The first-order valence-electron chi connectivity index (χ1n) is 8.66. The van der Waals surface area contributed by atoms with Gasteiger partial charge in [-0.1, -0.05) is 18.2 Å². The molecule has 0 saturated heterocycles. The zero-order valence-corrected chi connectivity index (χ0v) is 16.4. The highest BCUT2D eigenvalue weighted by Crippen LogP contribution is 2.25. The van der Waals surface area contributed by atoms with Crippen LogP contribution in [0.15, 0.2) is 76.2 Å². The Balaban J connectivity index is 1.60. The van der Waals surface area contributed by atoms with Crippen LogP contribution in [-0.2, 0) is 21.4 Å². The van der Waals surface area contributed by atoms with Gasteiger partial charge >= 0.3 is 0 Å². The first-order valence-corrected chi connectivity index (χ1v) is 10.1. The largest absolute Gasteiger partial charge is 0.493 e. The maximum Gasteiger partial charge on any atom is 0.262 e. The number of furan rings is 1. The van der Waals surface area contributed by atoms with E-state index >= 15 is 0 Å². The van der Waals surface area contributed by atoms with Crippen molar-refractivity contribution in [3.8, 4) is 11.5 Å². The second-order valence-corrected chi connectivity index (χ2v) is 7.69. The van der Waals surface area contributed by atoms with E-state index in [1.807, 2.05) is 0 Å². The summed E-state index contributed by atoms with van der Waals surface area (Å²) in [5, 5.41) is 2.62. The maximum absolute atomic E-state index is 12.4. The summed E-state index contributed by atoms with van der Waals surface area (Å²) in [7, 11) is -2.26. The van der Waals surface area contributed by atoms with Crippen LogP contribution < -0.4 is 19.5 Å². The Hall–Kier alpha value is -3.30. The van der Waals surface area contributed by atoms with Crippen molar-refractivity contribution in [1.82, 2.24) is 4.72 Å². The predicted molar refractivity (Wildman–Crippen MR) is 106 cm³/mol. The van der Waals surface area contributed by atoms with E-state index < -0.39 is 15.9 Å². The molecule has 152 valence electrons. The normalized spacial score (nSPS) is 11.1. The highest BCUT2D eigenvalue weighted by Gasteiger charge is 2.15. The molecule has 0 aliphatic heterocycles. The fourth-order valence-electron chi connectivity index (χ4n) is 2.48. The number of hydrogen-bond acceptors (Lipinski definition) is 6. The number of rotatable bonds is 9. The number of anilines is 1. The Bertz CT molecular complexity index is 1060. The summed E-state index contributed by atoms with van der Waals surface area (Å²) < 4.78 is 43.1. The monoisotopic (exact) mass is 416 g/mol. The second-order valence-electron chi connectivity index (χ2n) is 5.92. The van der Waals surface area contributed by atoms with Gasteiger partial charge in [0.25, 0.3) is 5.91 Å². The summed E-state index contributed by atoms with van der Waals surface area (Å²) in [6.07, 6.45) is 1.47. The number of sulfonamides is 1. The standard InChI is InChI=1S/C20H20N2O6S/c1-26-18-9-2-3-10-19(18)28-14-20(23)22-15-6-4-8-17(12-15)29(24,25)21-13-16-7-5-11-27-16/h2-12,21H,13-14H2,1H3,(H,22,23). The van der Waals surface area contributed by atoms with Gasteiger partial charge in [-0.25, -0.2) is 13.1 Å². The van der Waals surface area contributed by atoms with Crippen LogP contribution in [0.3, 0.4) is 0 Å². The number of carbonyl (C=O) groups is 1. The van der Waals surface area contributed by atoms with Crippen molar-refractivity contribution in [3.05, 3.63) is 72.7 Å². The number of nitrogens with one attached hydrogen (secondary N) is 2. The molecule has 0 radical (unpaired) electrons. The van der Waals surface area contributed by atoms with Crippen molar-refractivity contribution in [2.45, 2.75) is 11.4 Å². The van der Waals surface area contributed by atoms with Crippen molar-refractivity contribution in [2.75, 3.05) is 19.0 Å². The van der Waals surface area contributed by atoms with E-state index in [1.165, 1.54) is 31.6 Å². The molecule has 0 atom stereocenters. The van der Waals surface area contributed by atoms with Crippen molar-refractivity contribution in [1.29, 1.82) is 0 Å². The van der Waals surface area contributed by atoms with E-state index in [4.69, 9.17) is 13.9 Å². The third kappa shape index (κ3) is 5.59. The van der Waals surface area contributed by atoms with Crippen LogP contribution in [-0.4, -0.2) is 28.0 Å². The number of carbonyl (C=O) groups excluding carboxylic acids is 1. The number of para-hydroxylation sites is 2. The predicted octanol–water partition coefficient (Wildman–Crippen LogP) is 2.78. The molecule has 29 heavy (non-hydrogen) atoms. The molecule has 8 nitrogen and oxygen atoms in total. The lowest BCUT2D eigenvalue weighted by Gasteiger charge is -2.11. The topological polar surface area (TPSA) is 107 Å². The van der Waals surface area contributed by atoms with Gasteiger partial charge in [0.1, 0.15) is 5.76 Å². The molecule has 1 aromatic heterocycles. The minimum Gasteiger partial charge on any atom is -0.493 e. The van der Waals surface area contributed by atoms with Gasteiger partial charge in [0.2, 0.25) is 10.0 Å². The summed E-state index contributed by atoms with van der Waals surface area (Å²) in [6, 6.07) is 16.2. The van der Waals surface area contributed by atoms with E-state index in [0.29, 0.717) is 22.9 Å². The number of hydrogen-bond donors (Lipinski definition) is 2. The summed E-state index contributed by atoms with van der Waals surface area (Å²) in [5.41, 5.74) is 0.333. The van der Waals surface area contributed by atoms with E-state index in [-0.39, 0.29) is 18.0 Å². The van der Waals surface area contributed by atoms with E-state index in [2.05, 4.69) is 10.0 Å². The number of ether oxygens (including phenoxy) is 2. The van der Waals surface area contributed by atoms with E-state index in [1.54, 1.807) is 42.5 Å². The molecule has 0 spiro atoms. The summed E-state index contributed by atoms with van der Waals surface area (Å²) in [5.74, 6) is 1.00. The molecule has 1 amide bonds. The van der Waals surface area contributed by atoms with Crippen LogP contribution in [0.1, 0.15) is 5.76 Å². The zero-order chi connectivity index (χ0) is 20.7. The van der Waals surface area contributed by atoms with Gasteiger partial charge in [-0.15, -0.1) is 0 Å². The molecule has 9 heteroatoms. The molecule has 2 N–H and O–H groups in total. The molecule has 3 aromatic rings. The lowest BCUT2D eigenvalue weighted by atomic mass is 10.3. The van der Waals surface area contributed by atoms with E-state index in [0.717, 1.165) is 0 Å². The van der Waals surface area contributed by atoms with Gasteiger partial charge in [-0.05, 0) is 42.5 Å². The molecule has 1 heterocycles. The second kappa shape index (κ2) is 9.26. The zero-order valence-electron chi connectivity index (χ0n) is 15.6. The molecular weight excluding hydrogens is 396 g/mol. The molecular formula is C20H20N2O6S. The molecule has 0 saturated carbocycles. The number of methoxy groups -OCH3 is 1. The third-order valence-electron chi connectivity index (χ3n) is 3.87. The Kier molecular flexibility index (Phi) is 6.53. The van der Waals surface area contributed by atoms with Crippen LogP contribution in [0.5, 0.6) is 11.5 Å². The summed E-state index contributed by atoms with van der Waals surface area (Å²) >= 11 is 0. The van der Waals surface area contributed by atoms with Gasteiger partial charge in [0.05, 0.1) is 24.8 Å². The van der Waals surface area contributed by atoms with Crippen molar-refractivity contribution < 1.29 is 27.1 Å². The molecule has 0 aliphatic rings. The van der Waals surface area contributed by atoms with Crippen LogP contribution >= 0.6 is 0 Å². The van der Waals surface area contributed by atoms with Crippen LogP contribution in [0, 0.1) is 0 Å². The average molecular weight is 416 g/mol. The minimum atomic E-state index is -3.77. The summed E-state index contributed by atoms with van der Waals surface area (Å²) in [4.78, 5) is 12.2. The van der Waals surface area contributed by atoms with Crippen LogP contribution in [0.25, 0.3) is 0 Å². The smallest absolute Gasteiger partial charge is 0.262 e. The number of benzene rings is 2. The lowest BCUT2D eigenvalue weighted by Crippen LogP contribution is -2.24. The highest BCUT2D eigenvalue weighted by molar-refractivity contribution is 7.89. The van der Waals surface area contributed by atoms with Gasteiger partial charge < -0.3 is 19.2 Å². The first-order chi connectivity index (χ1) is 14.0. The Labute approximate surface area is 168 Å². The molecule has 3 rings (SSSR count). The van der Waals surface area contributed by atoms with Gasteiger partial charge in [-0.3, -0.25) is 4.79 Å². The molecule has 0 bridgehead atoms. The average Bonchev–Trinajstić information content (AvgIpc) is 3.25. The highest BCUT2D eigenvalue weighted by atomic mass is 32.2. The van der Waals surface area contributed by atoms with Crippen molar-refractivity contribution in [3.63, 3.8) is 0 Å². The summed E-state index contributed by atoms with van der Waals surface area (Å²) in [6.45, 7) is -0.229. The van der Waals surface area contributed by atoms with Crippen LogP contribution in [0.4, 0.5) is 5.69 Å². The minimum absolute atomic E-state index is 0.0208. The Morgan fingerprint density at radius 3 is 2.55 bits per heavy atom. The quantitative estimate of drug-likeness (QED) is 0.556. The Morgan fingerprint density at radius 1 is 1.03 bits per heavy atom. The SMILES string of the molecule is COc1ccccc1OCC(=O)Nc1cccc(S(=O)(=O)NCc2ccco2)c1. The fraction of sp³-hybridized carbons (Fsp3) is 0.150. The molecule has 0 aliphatic carbocycles. The number of amides is 1. The first kappa shape index (κ1) is 20.4. The van der Waals surface area contributed by atoms with Crippen molar-refractivity contribution >= 4 is 21.6 Å². The maximum atomic E-state index is 12.4. The Morgan fingerprint density at radius 2 is 1.83 bits per heavy atom. The lowest BCUT2D eigenvalue weighted by molar-refractivity contribution is -0.118. The van der Waals surface area contributed by atoms with Crippen molar-refractivity contribution in [2.24, 2.45) is 0 Å². The fourth-order valence-corrected chi connectivity index (χ4v) is 3.52. The third-order valence-corrected chi connectivity index (χ3v) is 5.27. The van der Waals surface area contributed by atoms with Crippen LogP contribution in [0.2, 0.25) is 0 Å². The van der Waals surface area contributed by atoms with Gasteiger partial charge in [-0.2, -0.15) is 0 Å². The molecule has 0 unspecified atom stereocenters. The van der Waals surface area contributed by atoms with Gasteiger partial charge in [0.15, 0.2) is 18.1 Å². The van der Waals surface area contributed by atoms with E-state index in [9.17, 15) is 13.2 Å². The molecule has 0 fully saturated rings.